The van der Waals surface area contributed by atoms with Crippen molar-refractivity contribution in [3.8, 4) is 0 Å². The second kappa shape index (κ2) is 9.72. The Hall–Kier alpha value is -2.88. The van der Waals surface area contributed by atoms with E-state index in [2.05, 4.69) is 10.6 Å². The van der Waals surface area contributed by atoms with E-state index in [1.54, 1.807) is 6.08 Å². The Balaban J connectivity index is 1.69. The van der Waals surface area contributed by atoms with Gasteiger partial charge in [0.05, 0.1) is 0 Å². The smallest absolute Gasteiger partial charge is 0.247 e. The van der Waals surface area contributed by atoms with Crippen molar-refractivity contribution in [2.24, 2.45) is 0 Å². The quantitative estimate of drug-likeness (QED) is 0.763. The molecule has 0 aliphatic heterocycles. The summed E-state index contributed by atoms with van der Waals surface area (Å²) in [7, 11) is 0. The van der Waals surface area contributed by atoms with Gasteiger partial charge in [0, 0.05) is 12.1 Å². The molecule has 0 bridgehead atoms. The summed E-state index contributed by atoms with van der Waals surface area (Å²) in [4.78, 5) is 25.3. The molecule has 2 aromatic carbocycles. The fraction of sp³-hybridized carbons (Fsp3) is 0.304. The van der Waals surface area contributed by atoms with Crippen molar-refractivity contribution >= 4 is 17.9 Å². The summed E-state index contributed by atoms with van der Waals surface area (Å²) in [6, 6.07) is 18.5. The standard InChI is InChI=1S/C23H26N2O2/c26-21(17-16-18-10-4-1-5-11-18)25-22(19-12-6-2-7-13-19)23(27)24-20-14-8-3-9-15-20/h1-2,4-7,10-13,16-17,20,22H,3,8-9,14-15H2,(H,24,27)(H,25,26)/b17-16+. The Morgan fingerprint density at radius 1 is 0.889 bits per heavy atom. The van der Waals surface area contributed by atoms with E-state index < -0.39 is 6.04 Å². The number of amides is 2. The highest BCUT2D eigenvalue weighted by Crippen LogP contribution is 2.19. The monoisotopic (exact) mass is 362 g/mol. The van der Waals surface area contributed by atoms with Crippen LogP contribution in [0.3, 0.4) is 0 Å². The maximum absolute atomic E-state index is 12.9. The third kappa shape index (κ3) is 5.81. The number of hydrogen-bond acceptors (Lipinski definition) is 2. The van der Waals surface area contributed by atoms with Gasteiger partial charge in [-0.25, -0.2) is 0 Å². The summed E-state index contributed by atoms with van der Waals surface area (Å²) in [6.07, 6.45) is 8.76. The minimum Gasteiger partial charge on any atom is -0.351 e. The lowest BCUT2D eigenvalue weighted by atomic mass is 9.95. The van der Waals surface area contributed by atoms with Gasteiger partial charge < -0.3 is 10.6 Å². The first-order valence-electron chi connectivity index (χ1n) is 9.61. The highest BCUT2D eigenvalue weighted by Gasteiger charge is 2.25. The van der Waals surface area contributed by atoms with Crippen LogP contribution in [-0.2, 0) is 9.59 Å². The van der Waals surface area contributed by atoms with Crippen LogP contribution in [0.5, 0.6) is 0 Å². The van der Waals surface area contributed by atoms with Crippen molar-refractivity contribution in [3.05, 3.63) is 77.9 Å². The van der Waals surface area contributed by atoms with Crippen molar-refractivity contribution in [2.45, 2.75) is 44.2 Å². The molecule has 1 aliphatic rings. The van der Waals surface area contributed by atoms with Crippen LogP contribution in [0, 0.1) is 0 Å². The normalized spacial score (nSPS) is 16.0. The number of carbonyl (C=O) groups excluding carboxylic acids is 2. The Bertz CT molecular complexity index is 765. The largest absolute Gasteiger partial charge is 0.351 e. The third-order valence-electron chi connectivity index (χ3n) is 4.86. The van der Waals surface area contributed by atoms with E-state index >= 15 is 0 Å². The number of rotatable bonds is 6. The van der Waals surface area contributed by atoms with Crippen molar-refractivity contribution in [2.75, 3.05) is 0 Å². The van der Waals surface area contributed by atoms with Gasteiger partial charge in [-0.1, -0.05) is 79.9 Å². The summed E-state index contributed by atoms with van der Waals surface area (Å²) in [5, 5.41) is 5.97. The summed E-state index contributed by atoms with van der Waals surface area (Å²) in [5.41, 5.74) is 1.72. The highest BCUT2D eigenvalue weighted by atomic mass is 16.2. The Morgan fingerprint density at radius 2 is 1.52 bits per heavy atom. The molecular weight excluding hydrogens is 336 g/mol. The minimum atomic E-state index is -0.693. The molecule has 140 valence electrons. The van der Waals surface area contributed by atoms with Gasteiger partial charge in [-0.05, 0) is 30.0 Å². The van der Waals surface area contributed by atoms with E-state index in [0.717, 1.165) is 36.8 Å². The van der Waals surface area contributed by atoms with Crippen molar-refractivity contribution in [1.29, 1.82) is 0 Å². The fourth-order valence-corrected chi connectivity index (χ4v) is 3.40. The van der Waals surface area contributed by atoms with Crippen LogP contribution in [0.25, 0.3) is 6.08 Å². The van der Waals surface area contributed by atoms with Gasteiger partial charge in [-0.15, -0.1) is 0 Å². The van der Waals surface area contributed by atoms with Crippen LogP contribution in [-0.4, -0.2) is 17.9 Å². The van der Waals surface area contributed by atoms with Crippen molar-refractivity contribution in [1.82, 2.24) is 10.6 Å². The predicted molar refractivity (Wildman–Crippen MR) is 108 cm³/mol. The molecule has 0 heterocycles. The first kappa shape index (κ1) is 18.9. The average molecular weight is 362 g/mol. The van der Waals surface area contributed by atoms with E-state index in [4.69, 9.17) is 0 Å². The molecule has 4 heteroatoms. The van der Waals surface area contributed by atoms with E-state index in [1.165, 1.54) is 12.5 Å². The molecule has 0 radical (unpaired) electrons. The lowest BCUT2D eigenvalue weighted by Crippen LogP contribution is -2.44. The van der Waals surface area contributed by atoms with Gasteiger partial charge in [0.25, 0.3) is 0 Å². The average Bonchev–Trinajstić information content (AvgIpc) is 2.72. The van der Waals surface area contributed by atoms with Crippen LogP contribution in [0.2, 0.25) is 0 Å². The molecule has 2 N–H and O–H groups in total. The predicted octanol–water partition coefficient (Wildman–Crippen LogP) is 4.01. The maximum atomic E-state index is 12.9. The molecule has 3 rings (SSSR count). The molecule has 1 unspecified atom stereocenters. The van der Waals surface area contributed by atoms with E-state index in [-0.39, 0.29) is 17.9 Å². The molecule has 1 saturated carbocycles. The maximum Gasteiger partial charge on any atom is 0.247 e. The molecule has 2 aromatic rings. The molecule has 1 aliphatic carbocycles. The zero-order valence-electron chi connectivity index (χ0n) is 15.4. The van der Waals surface area contributed by atoms with Gasteiger partial charge in [-0.3, -0.25) is 9.59 Å². The number of benzene rings is 2. The fourth-order valence-electron chi connectivity index (χ4n) is 3.40. The number of nitrogens with one attached hydrogen (secondary N) is 2. The summed E-state index contributed by atoms with van der Waals surface area (Å²) < 4.78 is 0. The third-order valence-corrected chi connectivity index (χ3v) is 4.86. The molecule has 4 nitrogen and oxygen atoms in total. The topological polar surface area (TPSA) is 58.2 Å². The van der Waals surface area contributed by atoms with Crippen molar-refractivity contribution in [3.63, 3.8) is 0 Å². The molecule has 0 aromatic heterocycles. The van der Waals surface area contributed by atoms with E-state index in [0.29, 0.717) is 0 Å². The van der Waals surface area contributed by atoms with Gasteiger partial charge in [0.15, 0.2) is 0 Å². The summed E-state index contributed by atoms with van der Waals surface area (Å²) >= 11 is 0. The zero-order valence-corrected chi connectivity index (χ0v) is 15.4. The molecular formula is C23H26N2O2. The molecule has 1 fully saturated rings. The molecule has 2 amide bonds. The van der Waals surface area contributed by atoms with Crippen molar-refractivity contribution < 1.29 is 9.59 Å². The van der Waals surface area contributed by atoms with Gasteiger partial charge in [0.1, 0.15) is 6.04 Å². The first-order valence-corrected chi connectivity index (χ1v) is 9.61. The van der Waals surface area contributed by atoms with E-state index in [1.807, 2.05) is 60.7 Å². The zero-order chi connectivity index (χ0) is 18.9. The molecule has 1 atom stereocenters. The SMILES string of the molecule is O=C(/C=C/c1ccccc1)NC(C(=O)NC1CCCCC1)c1ccccc1. The first-order chi connectivity index (χ1) is 13.2. The Labute approximate surface area is 160 Å². The lowest BCUT2D eigenvalue weighted by Gasteiger charge is -2.26. The highest BCUT2D eigenvalue weighted by molar-refractivity contribution is 5.96. The Morgan fingerprint density at radius 3 is 2.19 bits per heavy atom. The number of hydrogen-bond donors (Lipinski definition) is 2. The molecule has 27 heavy (non-hydrogen) atoms. The van der Waals surface area contributed by atoms with Gasteiger partial charge in [-0.2, -0.15) is 0 Å². The minimum absolute atomic E-state index is 0.144. The van der Waals surface area contributed by atoms with Gasteiger partial charge >= 0.3 is 0 Å². The second-order valence-corrected chi connectivity index (χ2v) is 6.94. The van der Waals surface area contributed by atoms with Crippen LogP contribution >= 0.6 is 0 Å². The van der Waals surface area contributed by atoms with Gasteiger partial charge in [0.2, 0.25) is 11.8 Å². The van der Waals surface area contributed by atoms with Crippen LogP contribution in [0.1, 0.15) is 49.3 Å². The summed E-state index contributed by atoms with van der Waals surface area (Å²) in [6.45, 7) is 0. The lowest BCUT2D eigenvalue weighted by molar-refractivity contribution is -0.128. The van der Waals surface area contributed by atoms with Crippen LogP contribution < -0.4 is 10.6 Å². The number of carbonyl (C=O) groups is 2. The summed E-state index contributed by atoms with van der Waals surface area (Å²) in [5.74, 6) is -0.430. The van der Waals surface area contributed by atoms with E-state index in [9.17, 15) is 9.59 Å². The Kier molecular flexibility index (Phi) is 6.80. The van der Waals surface area contributed by atoms with Crippen LogP contribution in [0.15, 0.2) is 66.7 Å². The van der Waals surface area contributed by atoms with Crippen LogP contribution in [0.4, 0.5) is 0 Å². The molecule has 0 spiro atoms. The molecule has 0 saturated heterocycles. The second-order valence-electron chi connectivity index (χ2n) is 6.94.